The van der Waals surface area contributed by atoms with Crippen LogP contribution in [0.2, 0.25) is 0 Å². The number of methoxy groups -OCH3 is 1. The lowest BCUT2D eigenvalue weighted by molar-refractivity contribution is -0.119. The first kappa shape index (κ1) is 18.0. The predicted octanol–water partition coefficient (Wildman–Crippen LogP) is 2.87. The number of rotatable bonds is 5. The zero-order valence-electron chi connectivity index (χ0n) is 15.2. The maximum Gasteiger partial charge on any atom is 0.250 e. The van der Waals surface area contributed by atoms with E-state index in [2.05, 4.69) is 20.4 Å². The van der Waals surface area contributed by atoms with Gasteiger partial charge in [-0.3, -0.25) is 9.78 Å². The van der Waals surface area contributed by atoms with Crippen molar-refractivity contribution in [2.24, 2.45) is 5.92 Å². The molecule has 4 rings (SSSR count). The summed E-state index contributed by atoms with van der Waals surface area (Å²) < 4.78 is 34.2. The van der Waals surface area contributed by atoms with E-state index in [0.717, 1.165) is 0 Å². The van der Waals surface area contributed by atoms with Crippen LogP contribution in [0.25, 0.3) is 5.69 Å². The van der Waals surface area contributed by atoms with Crippen LogP contribution in [0, 0.1) is 17.6 Å². The van der Waals surface area contributed by atoms with E-state index in [9.17, 15) is 13.6 Å². The van der Waals surface area contributed by atoms with Gasteiger partial charge in [-0.15, -0.1) is 0 Å². The van der Waals surface area contributed by atoms with Crippen molar-refractivity contribution in [3.8, 4) is 11.6 Å². The Bertz CT molecular complexity index is 1050. The van der Waals surface area contributed by atoms with Gasteiger partial charge in [-0.2, -0.15) is 5.10 Å². The maximum atomic E-state index is 14.2. The van der Waals surface area contributed by atoms with Crippen molar-refractivity contribution < 1.29 is 18.3 Å². The number of halogens is 2. The average Bonchev–Trinajstić information content (AvgIpc) is 3.15. The van der Waals surface area contributed by atoms with Crippen molar-refractivity contribution in [1.82, 2.24) is 19.7 Å². The Kier molecular flexibility index (Phi) is 4.29. The van der Waals surface area contributed by atoms with Gasteiger partial charge in [-0.25, -0.2) is 18.4 Å². The number of anilines is 1. The van der Waals surface area contributed by atoms with Crippen LogP contribution in [-0.2, 0) is 10.2 Å². The molecule has 0 aromatic carbocycles. The number of pyridine rings is 2. The number of hydrogen-bond acceptors (Lipinski definition) is 5. The third-order valence-electron chi connectivity index (χ3n) is 4.98. The van der Waals surface area contributed by atoms with E-state index in [1.54, 1.807) is 12.3 Å². The summed E-state index contributed by atoms with van der Waals surface area (Å²) >= 11 is 0. The van der Waals surface area contributed by atoms with Gasteiger partial charge in [0.05, 0.1) is 30.1 Å². The number of nitrogens with zero attached hydrogens (tertiary/aromatic N) is 4. The van der Waals surface area contributed by atoms with Gasteiger partial charge in [0.25, 0.3) is 0 Å². The van der Waals surface area contributed by atoms with Crippen LogP contribution in [0.15, 0.2) is 42.9 Å². The molecule has 3 aromatic heterocycles. The molecule has 1 aliphatic carbocycles. The SMILES string of the molecule is COc1ncc(-n2ccc(NC(=O)C3(c4ncccc4F)CC3C)n2)cc1F. The molecule has 0 aliphatic heterocycles. The Morgan fingerprint density at radius 3 is 2.75 bits per heavy atom. The molecule has 1 aliphatic rings. The summed E-state index contributed by atoms with van der Waals surface area (Å²) in [6.45, 7) is 1.87. The van der Waals surface area contributed by atoms with Gasteiger partial charge < -0.3 is 10.1 Å². The lowest BCUT2D eigenvalue weighted by Crippen LogP contribution is -2.31. The first-order valence-electron chi connectivity index (χ1n) is 8.63. The largest absolute Gasteiger partial charge is 0.479 e. The fourth-order valence-corrected chi connectivity index (χ4v) is 3.35. The zero-order valence-corrected chi connectivity index (χ0v) is 15.2. The van der Waals surface area contributed by atoms with Gasteiger partial charge in [0.15, 0.2) is 11.6 Å². The molecule has 2 unspecified atom stereocenters. The molecule has 7 nitrogen and oxygen atoms in total. The molecule has 3 aromatic rings. The summed E-state index contributed by atoms with van der Waals surface area (Å²) in [6, 6.07) is 5.57. The van der Waals surface area contributed by atoms with Crippen molar-refractivity contribution >= 4 is 11.7 Å². The fraction of sp³-hybridized carbons (Fsp3) is 0.263. The number of hydrogen-bond donors (Lipinski definition) is 1. The van der Waals surface area contributed by atoms with Gasteiger partial charge in [-0.05, 0) is 24.5 Å². The highest BCUT2D eigenvalue weighted by Crippen LogP contribution is 2.54. The molecular formula is C19H17F2N5O2. The van der Waals surface area contributed by atoms with Gasteiger partial charge in [0.1, 0.15) is 5.82 Å². The summed E-state index contributed by atoms with van der Waals surface area (Å²) in [5.74, 6) is -1.41. The Morgan fingerprint density at radius 1 is 1.32 bits per heavy atom. The molecular weight excluding hydrogens is 368 g/mol. The number of nitrogens with one attached hydrogen (secondary N) is 1. The van der Waals surface area contributed by atoms with E-state index >= 15 is 0 Å². The monoisotopic (exact) mass is 385 g/mol. The topological polar surface area (TPSA) is 81.9 Å². The van der Waals surface area contributed by atoms with Gasteiger partial charge in [-0.1, -0.05) is 6.92 Å². The van der Waals surface area contributed by atoms with Crippen LogP contribution in [0.5, 0.6) is 5.88 Å². The summed E-state index contributed by atoms with van der Waals surface area (Å²) in [7, 11) is 1.33. The van der Waals surface area contributed by atoms with Crippen molar-refractivity contribution in [1.29, 1.82) is 0 Å². The van der Waals surface area contributed by atoms with Crippen molar-refractivity contribution in [3.05, 3.63) is 60.2 Å². The third kappa shape index (κ3) is 2.88. The minimum atomic E-state index is -1.01. The molecule has 9 heteroatoms. The Morgan fingerprint density at radius 2 is 2.11 bits per heavy atom. The fourth-order valence-electron chi connectivity index (χ4n) is 3.35. The lowest BCUT2D eigenvalue weighted by Gasteiger charge is -2.15. The molecule has 1 saturated carbocycles. The molecule has 0 radical (unpaired) electrons. The zero-order chi connectivity index (χ0) is 19.9. The minimum Gasteiger partial charge on any atom is -0.479 e. The van der Waals surface area contributed by atoms with E-state index in [1.165, 1.54) is 42.4 Å². The highest BCUT2D eigenvalue weighted by molar-refractivity contribution is 6.01. The van der Waals surface area contributed by atoms with E-state index in [-0.39, 0.29) is 29.2 Å². The number of amides is 1. The highest BCUT2D eigenvalue weighted by atomic mass is 19.1. The number of ether oxygens (including phenoxy) is 1. The summed E-state index contributed by atoms with van der Waals surface area (Å²) in [5, 5.41) is 6.93. The molecule has 0 bridgehead atoms. The Labute approximate surface area is 159 Å². The normalized spacial score (nSPS) is 20.6. The molecule has 1 amide bonds. The van der Waals surface area contributed by atoms with Crippen molar-refractivity contribution in [3.63, 3.8) is 0 Å². The van der Waals surface area contributed by atoms with Crippen LogP contribution < -0.4 is 10.1 Å². The smallest absolute Gasteiger partial charge is 0.250 e. The first-order valence-corrected chi connectivity index (χ1v) is 8.63. The highest BCUT2D eigenvalue weighted by Gasteiger charge is 2.61. The summed E-state index contributed by atoms with van der Waals surface area (Å²) in [5.41, 5.74) is -0.506. The summed E-state index contributed by atoms with van der Waals surface area (Å²) in [4.78, 5) is 20.8. The van der Waals surface area contributed by atoms with Crippen molar-refractivity contribution in [2.45, 2.75) is 18.8 Å². The summed E-state index contributed by atoms with van der Waals surface area (Å²) in [6.07, 6.45) is 4.93. The number of carbonyl (C=O) groups excluding carboxylic acids is 1. The van der Waals surface area contributed by atoms with Crippen LogP contribution in [-0.4, -0.2) is 32.8 Å². The first-order chi connectivity index (χ1) is 13.5. The Hall–Kier alpha value is -3.36. The number of carbonyl (C=O) groups is 1. The van der Waals surface area contributed by atoms with E-state index in [1.807, 2.05) is 6.92 Å². The van der Waals surface area contributed by atoms with Crippen LogP contribution in [0.3, 0.4) is 0 Å². The van der Waals surface area contributed by atoms with Gasteiger partial charge >= 0.3 is 0 Å². The van der Waals surface area contributed by atoms with Crippen molar-refractivity contribution in [2.75, 3.05) is 12.4 Å². The average molecular weight is 385 g/mol. The molecule has 28 heavy (non-hydrogen) atoms. The van der Waals surface area contributed by atoms with Crippen LogP contribution in [0.4, 0.5) is 14.6 Å². The van der Waals surface area contributed by atoms with E-state index < -0.39 is 17.0 Å². The third-order valence-corrected chi connectivity index (χ3v) is 4.98. The Balaban J connectivity index is 1.56. The second-order valence-electron chi connectivity index (χ2n) is 6.69. The predicted molar refractivity (Wildman–Crippen MR) is 96.2 cm³/mol. The molecule has 144 valence electrons. The molecule has 3 heterocycles. The molecule has 0 saturated heterocycles. The van der Waals surface area contributed by atoms with Gasteiger partial charge in [0, 0.05) is 24.5 Å². The van der Waals surface area contributed by atoms with E-state index in [0.29, 0.717) is 12.1 Å². The quantitative estimate of drug-likeness (QED) is 0.730. The molecule has 0 spiro atoms. The molecule has 1 N–H and O–H groups in total. The second kappa shape index (κ2) is 6.66. The molecule has 1 fully saturated rings. The van der Waals surface area contributed by atoms with Crippen LogP contribution >= 0.6 is 0 Å². The van der Waals surface area contributed by atoms with Crippen LogP contribution in [0.1, 0.15) is 19.0 Å². The maximum absolute atomic E-state index is 14.2. The minimum absolute atomic E-state index is 0.0427. The lowest BCUT2D eigenvalue weighted by atomic mass is 9.97. The standard InChI is InChI=1S/C19H17F2N5O2/c1-11-9-19(11,16-13(20)4-3-6-22-16)18(27)24-15-5-7-26(25-15)12-8-14(21)17(28-2)23-10-12/h3-8,10-11H,9H2,1-2H3,(H,24,25,27). The van der Waals surface area contributed by atoms with E-state index in [4.69, 9.17) is 4.74 Å². The van der Waals surface area contributed by atoms with Gasteiger partial charge in [0.2, 0.25) is 11.8 Å². The second-order valence-corrected chi connectivity index (χ2v) is 6.69. The molecule has 2 atom stereocenters. The number of aromatic nitrogens is 4.